The Kier molecular flexibility index (Phi) is 8.48. The van der Waals surface area contributed by atoms with Gasteiger partial charge >= 0.3 is 11.0 Å². The second-order valence-corrected chi connectivity index (χ2v) is 5.54. The molecule has 8 nitrogen and oxygen atoms in total. The molecular formula is C6H6F6N2O6S2. The molecule has 0 atom stereocenters. The van der Waals surface area contributed by atoms with Crippen LogP contribution in [-0.4, -0.2) is 37.0 Å². The second kappa shape index (κ2) is 8.20. The van der Waals surface area contributed by atoms with Crippen LogP contribution in [0.5, 0.6) is 0 Å². The largest absolute Gasteiger partial charge is 0.741 e. The van der Waals surface area contributed by atoms with Gasteiger partial charge in [-0.3, -0.25) is 0 Å². The zero-order valence-electron chi connectivity index (χ0n) is 9.84. The molecule has 0 fully saturated rings. The van der Waals surface area contributed by atoms with Crippen molar-refractivity contribution >= 4 is 20.2 Å². The first kappa shape index (κ1) is 22.8. The van der Waals surface area contributed by atoms with E-state index in [1.165, 1.54) is 0 Å². The predicted octanol–water partition coefficient (Wildman–Crippen LogP) is -0.582. The van der Waals surface area contributed by atoms with Crippen LogP contribution in [0.15, 0.2) is 24.8 Å². The highest BCUT2D eigenvalue weighted by molar-refractivity contribution is 7.86. The average molecular weight is 380 g/mol. The molecule has 1 rings (SSSR count). The maximum absolute atomic E-state index is 10.7. The van der Waals surface area contributed by atoms with E-state index in [0.717, 1.165) is 0 Å². The third kappa shape index (κ3) is 11.2. The number of alkyl halides is 6. The van der Waals surface area contributed by atoms with Gasteiger partial charge in [0.15, 0.2) is 20.2 Å². The Labute approximate surface area is 119 Å². The lowest BCUT2D eigenvalue weighted by molar-refractivity contribution is -0.447. The van der Waals surface area contributed by atoms with E-state index >= 15 is 0 Å². The first-order valence-electron chi connectivity index (χ1n) is 4.36. The minimum atomic E-state index is -6.09. The molecule has 0 aliphatic heterocycles. The van der Waals surface area contributed by atoms with Crippen molar-refractivity contribution in [3.05, 3.63) is 24.8 Å². The Hall–Kier alpha value is -1.52. The summed E-state index contributed by atoms with van der Waals surface area (Å²) in [7, 11) is -12.2. The fourth-order valence-corrected chi connectivity index (χ4v) is 0.304. The molecule has 0 saturated heterocycles. The van der Waals surface area contributed by atoms with Gasteiger partial charge in [-0.15, -0.1) is 0 Å². The van der Waals surface area contributed by atoms with E-state index in [9.17, 15) is 26.3 Å². The summed E-state index contributed by atoms with van der Waals surface area (Å²) in [5.74, 6) is 0. The summed E-state index contributed by atoms with van der Waals surface area (Å²) >= 11 is 0. The molecular weight excluding hydrogens is 374 g/mol. The third-order valence-corrected chi connectivity index (χ3v) is 2.25. The molecule has 0 aliphatic carbocycles. The van der Waals surface area contributed by atoms with Crippen LogP contribution >= 0.6 is 0 Å². The molecule has 1 aromatic rings. The molecule has 0 radical (unpaired) electrons. The van der Waals surface area contributed by atoms with Gasteiger partial charge in [0.05, 0.1) is 0 Å². The highest BCUT2D eigenvalue weighted by Crippen LogP contribution is 2.21. The van der Waals surface area contributed by atoms with Crippen LogP contribution in [0.25, 0.3) is 0 Å². The minimum Gasteiger partial charge on any atom is -0.741 e. The standard InChI is InChI=1S/C4H4N2.2CHF3O3S/c1-2-6-4-3-5-1;2*2-1(3,4)8(5,6)7/h1-4H;2*(H,5,6,7). The summed E-state index contributed by atoms with van der Waals surface area (Å²) in [5.41, 5.74) is -11.3. The van der Waals surface area contributed by atoms with Crippen LogP contribution in [0, 0.1) is 0 Å². The topological polar surface area (TPSA) is 143 Å². The van der Waals surface area contributed by atoms with Gasteiger partial charge in [0.2, 0.25) is 24.8 Å². The van der Waals surface area contributed by atoms with E-state index in [1.807, 2.05) is 24.8 Å². The van der Waals surface area contributed by atoms with E-state index in [1.54, 1.807) is 0 Å². The maximum Gasteiger partial charge on any atom is 0.485 e. The smallest absolute Gasteiger partial charge is 0.485 e. The summed E-state index contributed by atoms with van der Waals surface area (Å²) < 4.78 is 118. The zero-order chi connectivity index (χ0) is 18.2. The Morgan fingerprint density at radius 1 is 0.636 bits per heavy atom. The SMILES string of the molecule is O=S(=O)([O-])C(F)(F)F.O=S(=O)([O-])C(F)(F)F.c1c[nH+]cc[nH+]1. The molecule has 0 saturated carbocycles. The number of hydrogen-bond acceptors (Lipinski definition) is 6. The lowest BCUT2D eigenvalue weighted by atomic mass is 10.8. The van der Waals surface area contributed by atoms with Crippen molar-refractivity contribution in [3.8, 4) is 0 Å². The minimum absolute atomic E-state index is 1.82. The van der Waals surface area contributed by atoms with Gasteiger partial charge in [-0.2, -0.15) is 26.3 Å². The summed E-state index contributed by atoms with van der Waals surface area (Å²) in [4.78, 5) is 5.72. The van der Waals surface area contributed by atoms with Gasteiger partial charge in [0.1, 0.15) is 0 Å². The summed E-state index contributed by atoms with van der Waals surface area (Å²) in [6.07, 6.45) is 7.28. The third-order valence-electron chi connectivity index (χ3n) is 1.12. The number of hydrogen-bond donors (Lipinski definition) is 0. The fraction of sp³-hybridized carbons (Fsp3) is 0.333. The highest BCUT2D eigenvalue weighted by Gasteiger charge is 2.37. The Balaban J connectivity index is 0. The molecule has 0 bridgehead atoms. The van der Waals surface area contributed by atoms with E-state index in [2.05, 4.69) is 9.97 Å². The van der Waals surface area contributed by atoms with Gasteiger partial charge < -0.3 is 9.11 Å². The predicted molar refractivity (Wildman–Crippen MR) is 51.1 cm³/mol. The highest BCUT2D eigenvalue weighted by atomic mass is 32.2. The van der Waals surface area contributed by atoms with E-state index in [4.69, 9.17) is 25.9 Å². The van der Waals surface area contributed by atoms with Crippen LogP contribution in [0.3, 0.4) is 0 Å². The number of halogens is 6. The first-order chi connectivity index (χ1) is 9.50. The number of aromatic nitrogens is 2. The molecule has 0 amide bonds. The molecule has 0 spiro atoms. The summed E-state index contributed by atoms with van der Waals surface area (Å²) in [5, 5.41) is 0. The van der Waals surface area contributed by atoms with Crippen LogP contribution in [0.1, 0.15) is 0 Å². The van der Waals surface area contributed by atoms with Crippen molar-refractivity contribution in [1.82, 2.24) is 0 Å². The average Bonchev–Trinajstić information content (AvgIpc) is 2.27. The molecule has 16 heteroatoms. The van der Waals surface area contributed by atoms with E-state index in [-0.39, 0.29) is 0 Å². The summed E-state index contributed by atoms with van der Waals surface area (Å²) in [6, 6.07) is 0. The second-order valence-electron chi connectivity index (χ2n) is 2.80. The van der Waals surface area contributed by atoms with Gasteiger partial charge in [-0.1, -0.05) is 0 Å². The monoisotopic (exact) mass is 380 g/mol. The fourth-order valence-electron chi connectivity index (χ4n) is 0.304. The van der Waals surface area contributed by atoms with Crippen LogP contribution in [0.2, 0.25) is 0 Å². The van der Waals surface area contributed by atoms with Crippen molar-refractivity contribution in [3.63, 3.8) is 0 Å². The lowest BCUT2D eigenvalue weighted by Crippen LogP contribution is -2.21. The Morgan fingerprint density at radius 2 is 0.773 bits per heavy atom. The van der Waals surface area contributed by atoms with Crippen molar-refractivity contribution < 1.29 is 62.3 Å². The molecule has 2 N–H and O–H groups in total. The molecule has 0 unspecified atom stereocenters. The van der Waals surface area contributed by atoms with Gasteiger partial charge in [0.25, 0.3) is 0 Å². The van der Waals surface area contributed by atoms with Gasteiger partial charge in [-0.25, -0.2) is 26.8 Å². The molecule has 130 valence electrons. The Bertz CT molecular complexity index is 557. The maximum atomic E-state index is 10.7. The number of rotatable bonds is 0. The van der Waals surface area contributed by atoms with Crippen molar-refractivity contribution in [2.24, 2.45) is 0 Å². The molecule has 1 heterocycles. The van der Waals surface area contributed by atoms with Crippen LogP contribution in [-0.2, 0) is 20.2 Å². The van der Waals surface area contributed by atoms with Gasteiger partial charge in [-0.05, 0) is 0 Å². The van der Waals surface area contributed by atoms with E-state index < -0.39 is 31.3 Å². The Morgan fingerprint density at radius 3 is 0.818 bits per heavy atom. The van der Waals surface area contributed by atoms with Crippen molar-refractivity contribution in [1.29, 1.82) is 0 Å². The molecule has 0 aliphatic rings. The molecule has 0 aromatic carbocycles. The summed E-state index contributed by atoms with van der Waals surface area (Å²) in [6.45, 7) is 0. The first-order valence-corrected chi connectivity index (χ1v) is 7.18. The van der Waals surface area contributed by atoms with Crippen LogP contribution < -0.4 is 9.97 Å². The quantitative estimate of drug-likeness (QED) is 0.335. The van der Waals surface area contributed by atoms with Crippen LogP contribution in [0.4, 0.5) is 26.3 Å². The number of H-pyrrole nitrogens is 2. The normalized spacial score (nSPS) is 12.4. The van der Waals surface area contributed by atoms with Crippen molar-refractivity contribution in [2.45, 2.75) is 11.0 Å². The zero-order valence-corrected chi connectivity index (χ0v) is 11.5. The van der Waals surface area contributed by atoms with E-state index in [0.29, 0.717) is 0 Å². The van der Waals surface area contributed by atoms with Crippen molar-refractivity contribution in [2.75, 3.05) is 0 Å². The number of aromatic amines is 2. The number of nitrogens with one attached hydrogen (secondary N) is 2. The molecule has 22 heavy (non-hydrogen) atoms. The lowest BCUT2D eigenvalue weighted by Gasteiger charge is -2.08. The van der Waals surface area contributed by atoms with Gasteiger partial charge in [0, 0.05) is 0 Å². The molecule has 1 aromatic heterocycles.